The molecule has 0 aliphatic carbocycles. The molecule has 0 aliphatic rings. The molecule has 0 bridgehead atoms. The highest BCUT2D eigenvalue weighted by Crippen LogP contribution is 2.04. The maximum Gasteiger partial charge on any atom is 0.268 e. The molecule has 0 spiro atoms. The number of aryl methyl sites for hydroxylation is 1. The van der Waals surface area contributed by atoms with E-state index in [4.69, 9.17) is 0 Å². The van der Waals surface area contributed by atoms with E-state index in [1.165, 1.54) is 16.9 Å². The number of nitrogens with zero attached hydrogens (tertiary/aromatic N) is 2. The van der Waals surface area contributed by atoms with Crippen molar-refractivity contribution < 1.29 is 4.79 Å². The summed E-state index contributed by atoms with van der Waals surface area (Å²) in [7, 11) is 1.56. The van der Waals surface area contributed by atoms with E-state index in [1.807, 2.05) is 13.8 Å². The molecule has 1 amide bonds. The largest absolute Gasteiger partial charge is 0.325 e. The van der Waals surface area contributed by atoms with Crippen LogP contribution in [0.2, 0.25) is 0 Å². The molecule has 0 atom stereocenters. The van der Waals surface area contributed by atoms with Crippen molar-refractivity contribution in [1.82, 2.24) is 9.78 Å². The first kappa shape index (κ1) is 11.4. The fourth-order valence-corrected chi connectivity index (χ4v) is 1.12. The van der Waals surface area contributed by atoms with Crippen molar-refractivity contribution in [2.75, 3.05) is 5.32 Å². The molecule has 0 radical (unpaired) electrons. The highest BCUT2D eigenvalue weighted by molar-refractivity contribution is 5.90. The highest BCUT2D eigenvalue weighted by atomic mass is 16.2. The fourth-order valence-electron chi connectivity index (χ4n) is 1.12. The van der Waals surface area contributed by atoms with Gasteiger partial charge in [0.25, 0.3) is 5.56 Å². The Balaban J connectivity index is 2.69. The van der Waals surface area contributed by atoms with Crippen molar-refractivity contribution >= 4 is 11.6 Å². The Morgan fingerprint density at radius 3 is 2.80 bits per heavy atom. The normalized spacial score (nSPS) is 10.4. The summed E-state index contributed by atoms with van der Waals surface area (Å²) in [4.78, 5) is 22.6. The lowest BCUT2D eigenvalue weighted by molar-refractivity contribution is -0.116. The number of amides is 1. The zero-order valence-electron chi connectivity index (χ0n) is 9.15. The SMILES string of the molecule is CC(C)CC(=O)Nc1cnn(C)c(=O)c1. The van der Waals surface area contributed by atoms with E-state index < -0.39 is 0 Å². The topological polar surface area (TPSA) is 64.0 Å². The predicted octanol–water partition coefficient (Wildman–Crippen LogP) is 0.765. The summed E-state index contributed by atoms with van der Waals surface area (Å²) < 4.78 is 1.21. The van der Waals surface area contributed by atoms with Gasteiger partial charge >= 0.3 is 0 Å². The standard InChI is InChI=1S/C10H15N3O2/c1-7(2)4-9(14)12-8-5-10(15)13(3)11-6-8/h5-7H,4H2,1-3H3,(H,12,14). The van der Waals surface area contributed by atoms with Crippen LogP contribution in [0.1, 0.15) is 20.3 Å². The van der Waals surface area contributed by atoms with E-state index in [9.17, 15) is 9.59 Å². The lowest BCUT2D eigenvalue weighted by Gasteiger charge is -2.06. The van der Waals surface area contributed by atoms with Gasteiger partial charge in [0.15, 0.2) is 0 Å². The molecule has 0 aromatic carbocycles. The van der Waals surface area contributed by atoms with E-state index >= 15 is 0 Å². The summed E-state index contributed by atoms with van der Waals surface area (Å²) in [6.07, 6.45) is 1.90. The van der Waals surface area contributed by atoms with Crippen molar-refractivity contribution in [3.8, 4) is 0 Å². The van der Waals surface area contributed by atoms with Gasteiger partial charge in [-0.3, -0.25) is 9.59 Å². The molecule has 0 fully saturated rings. The maximum absolute atomic E-state index is 11.4. The zero-order chi connectivity index (χ0) is 11.4. The lowest BCUT2D eigenvalue weighted by Crippen LogP contribution is -2.21. The Hall–Kier alpha value is -1.65. The van der Waals surface area contributed by atoms with Gasteiger partial charge in [0.05, 0.1) is 11.9 Å². The predicted molar refractivity (Wildman–Crippen MR) is 57.6 cm³/mol. The molecule has 0 unspecified atom stereocenters. The average Bonchev–Trinajstić information content (AvgIpc) is 2.10. The van der Waals surface area contributed by atoms with Gasteiger partial charge in [0.1, 0.15) is 0 Å². The minimum Gasteiger partial charge on any atom is -0.325 e. The number of aromatic nitrogens is 2. The first-order valence-electron chi connectivity index (χ1n) is 4.82. The van der Waals surface area contributed by atoms with E-state index in [0.29, 0.717) is 18.0 Å². The quantitative estimate of drug-likeness (QED) is 0.799. The molecule has 0 saturated carbocycles. The summed E-state index contributed by atoms with van der Waals surface area (Å²) in [6, 6.07) is 1.35. The summed E-state index contributed by atoms with van der Waals surface area (Å²) in [5.74, 6) is 0.199. The van der Waals surface area contributed by atoms with Gasteiger partial charge in [-0.1, -0.05) is 13.8 Å². The Labute approximate surface area is 88.1 Å². The number of hydrogen-bond donors (Lipinski definition) is 1. The molecule has 0 aliphatic heterocycles. The second-order valence-corrected chi connectivity index (χ2v) is 3.85. The van der Waals surface area contributed by atoms with Crippen molar-refractivity contribution in [1.29, 1.82) is 0 Å². The second-order valence-electron chi connectivity index (χ2n) is 3.85. The van der Waals surface area contributed by atoms with Gasteiger partial charge in [0.2, 0.25) is 5.91 Å². The van der Waals surface area contributed by atoms with Gasteiger partial charge in [-0.05, 0) is 5.92 Å². The molecular formula is C10H15N3O2. The summed E-state index contributed by atoms with van der Waals surface area (Å²) >= 11 is 0. The number of nitrogens with one attached hydrogen (secondary N) is 1. The van der Waals surface area contributed by atoms with E-state index in [-0.39, 0.29) is 11.5 Å². The van der Waals surface area contributed by atoms with Crippen LogP contribution in [0.4, 0.5) is 5.69 Å². The lowest BCUT2D eigenvalue weighted by atomic mass is 10.1. The molecule has 5 nitrogen and oxygen atoms in total. The molecule has 1 rings (SSSR count). The first-order valence-corrected chi connectivity index (χ1v) is 4.82. The summed E-state index contributed by atoms with van der Waals surface area (Å²) in [5, 5.41) is 6.43. The second kappa shape index (κ2) is 4.72. The first-order chi connectivity index (χ1) is 6.99. The minimum absolute atomic E-state index is 0.0972. The highest BCUT2D eigenvalue weighted by Gasteiger charge is 2.05. The molecule has 0 saturated heterocycles. The molecule has 1 heterocycles. The van der Waals surface area contributed by atoms with Crippen LogP contribution in [0.25, 0.3) is 0 Å². The maximum atomic E-state index is 11.4. The number of carbonyl (C=O) groups excluding carboxylic acids is 1. The molecule has 82 valence electrons. The van der Waals surface area contributed by atoms with Gasteiger partial charge in [-0.2, -0.15) is 5.10 Å². The smallest absolute Gasteiger partial charge is 0.268 e. The average molecular weight is 209 g/mol. The van der Waals surface area contributed by atoms with Crippen LogP contribution in [-0.4, -0.2) is 15.7 Å². The number of anilines is 1. The van der Waals surface area contributed by atoms with Crippen LogP contribution in [0.15, 0.2) is 17.1 Å². The monoisotopic (exact) mass is 209 g/mol. The third-order valence-electron chi connectivity index (χ3n) is 1.85. The number of rotatable bonds is 3. The summed E-state index contributed by atoms with van der Waals surface area (Å²) in [6.45, 7) is 3.92. The Kier molecular flexibility index (Phi) is 3.60. The molecule has 15 heavy (non-hydrogen) atoms. The number of hydrogen-bond acceptors (Lipinski definition) is 3. The fraction of sp³-hybridized carbons (Fsp3) is 0.500. The van der Waals surface area contributed by atoms with E-state index in [0.717, 1.165) is 0 Å². The molecule has 1 aromatic rings. The van der Waals surface area contributed by atoms with Crippen molar-refractivity contribution in [3.05, 3.63) is 22.6 Å². The molecular weight excluding hydrogens is 194 g/mol. The molecule has 5 heteroatoms. The third-order valence-corrected chi connectivity index (χ3v) is 1.85. The number of carbonyl (C=O) groups is 1. The van der Waals surface area contributed by atoms with Gasteiger partial charge in [-0.15, -0.1) is 0 Å². The third kappa shape index (κ3) is 3.53. The van der Waals surface area contributed by atoms with Gasteiger partial charge < -0.3 is 5.32 Å². The Morgan fingerprint density at radius 1 is 1.60 bits per heavy atom. The van der Waals surface area contributed by atoms with Crippen LogP contribution < -0.4 is 10.9 Å². The van der Waals surface area contributed by atoms with Gasteiger partial charge in [-0.25, -0.2) is 4.68 Å². The van der Waals surface area contributed by atoms with Crippen LogP contribution in [0, 0.1) is 5.92 Å². The minimum atomic E-state index is -0.239. The molecule has 1 N–H and O–H groups in total. The van der Waals surface area contributed by atoms with Crippen molar-refractivity contribution in [2.24, 2.45) is 13.0 Å². The summed E-state index contributed by atoms with van der Waals surface area (Å²) in [5.41, 5.74) is 0.209. The van der Waals surface area contributed by atoms with Gasteiger partial charge in [0, 0.05) is 19.5 Å². The van der Waals surface area contributed by atoms with E-state index in [2.05, 4.69) is 10.4 Å². The molecule has 1 aromatic heterocycles. The van der Waals surface area contributed by atoms with Crippen LogP contribution in [-0.2, 0) is 11.8 Å². The zero-order valence-corrected chi connectivity index (χ0v) is 9.15. The van der Waals surface area contributed by atoms with Crippen LogP contribution in [0.3, 0.4) is 0 Å². The van der Waals surface area contributed by atoms with Crippen molar-refractivity contribution in [2.45, 2.75) is 20.3 Å². The van der Waals surface area contributed by atoms with Crippen molar-refractivity contribution in [3.63, 3.8) is 0 Å². The van der Waals surface area contributed by atoms with Crippen LogP contribution >= 0.6 is 0 Å². The Bertz CT molecular complexity index is 409. The Morgan fingerprint density at radius 2 is 2.27 bits per heavy atom. The van der Waals surface area contributed by atoms with E-state index in [1.54, 1.807) is 7.05 Å². The van der Waals surface area contributed by atoms with Crippen LogP contribution in [0.5, 0.6) is 0 Å².